The number of rotatable bonds is 2. The molecule has 0 aromatic carbocycles. The number of halogens is 1. The summed E-state index contributed by atoms with van der Waals surface area (Å²) in [6.07, 6.45) is 1.55. The van der Waals surface area contributed by atoms with Gasteiger partial charge in [0, 0.05) is 19.9 Å². The zero-order valence-corrected chi connectivity index (χ0v) is 12.7. The van der Waals surface area contributed by atoms with Crippen LogP contribution in [0, 0.1) is 6.92 Å². The van der Waals surface area contributed by atoms with Crippen molar-refractivity contribution in [3.63, 3.8) is 0 Å². The third-order valence-corrected chi connectivity index (χ3v) is 3.85. The normalized spacial score (nSPS) is 16.3. The minimum Gasteiger partial charge on any atom is -0.484 e. The van der Waals surface area contributed by atoms with Gasteiger partial charge in [0.15, 0.2) is 5.75 Å². The molecule has 0 N–H and O–H groups in total. The molecule has 0 unspecified atom stereocenters. The minimum absolute atomic E-state index is 0.00552. The van der Waals surface area contributed by atoms with Gasteiger partial charge >= 0.3 is 0 Å². The van der Waals surface area contributed by atoms with E-state index in [9.17, 15) is 4.79 Å². The van der Waals surface area contributed by atoms with Crippen LogP contribution in [0.25, 0.3) is 11.0 Å². The molecule has 1 saturated heterocycles. The lowest BCUT2D eigenvalue weighted by Crippen LogP contribution is -2.29. The molecule has 0 amide bonds. The van der Waals surface area contributed by atoms with Crippen molar-refractivity contribution in [3.8, 4) is 5.75 Å². The summed E-state index contributed by atoms with van der Waals surface area (Å²) in [7, 11) is 1.66. The molecule has 0 radical (unpaired) electrons. The SMILES string of the molecule is Cc1nc(Cl)c2cc(OC3CCOCC3)c(=O)n(C)c2n1. The molecule has 1 aliphatic heterocycles. The van der Waals surface area contributed by atoms with E-state index in [1.165, 1.54) is 4.57 Å². The lowest BCUT2D eigenvalue weighted by Gasteiger charge is -2.23. The van der Waals surface area contributed by atoms with Gasteiger partial charge in [0.05, 0.1) is 18.6 Å². The van der Waals surface area contributed by atoms with Crippen molar-refractivity contribution < 1.29 is 9.47 Å². The Morgan fingerprint density at radius 2 is 2.10 bits per heavy atom. The Bertz CT molecular complexity index is 738. The summed E-state index contributed by atoms with van der Waals surface area (Å²) in [6, 6.07) is 1.63. The van der Waals surface area contributed by atoms with E-state index in [4.69, 9.17) is 21.1 Å². The summed E-state index contributed by atoms with van der Waals surface area (Å²) >= 11 is 6.16. The van der Waals surface area contributed by atoms with Gasteiger partial charge in [-0.1, -0.05) is 11.6 Å². The highest BCUT2D eigenvalue weighted by molar-refractivity contribution is 6.33. The Morgan fingerprint density at radius 3 is 2.81 bits per heavy atom. The van der Waals surface area contributed by atoms with Crippen LogP contribution in [-0.2, 0) is 11.8 Å². The molecule has 112 valence electrons. The van der Waals surface area contributed by atoms with Gasteiger partial charge in [0.1, 0.15) is 22.7 Å². The fourth-order valence-corrected chi connectivity index (χ4v) is 2.69. The van der Waals surface area contributed by atoms with Crippen molar-refractivity contribution in [2.75, 3.05) is 13.2 Å². The predicted molar refractivity (Wildman–Crippen MR) is 79.0 cm³/mol. The van der Waals surface area contributed by atoms with E-state index >= 15 is 0 Å². The second-order valence-electron chi connectivity index (χ2n) is 5.10. The summed E-state index contributed by atoms with van der Waals surface area (Å²) in [4.78, 5) is 20.8. The molecule has 0 atom stereocenters. The summed E-state index contributed by atoms with van der Waals surface area (Å²) in [6.45, 7) is 3.05. The standard InChI is InChI=1S/C14H16ClN3O3/c1-8-16-12(15)10-7-11(14(19)18(2)13(10)17-8)21-9-3-5-20-6-4-9/h7,9H,3-6H2,1-2H3. The first-order valence-electron chi connectivity index (χ1n) is 6.84. The highest BCUT2D eigenvalue weighted by Gasteiger charge is 2.19. The average molecular weight is 310 g/mol. The zero-order chi connectivity index (χ0) is 15.0. The van der Waals surface area contributed by atoms with Crippen LogP contribution < -0.4 is 10.3 Å². The molecule has 6 nitrogen and oxygen atoms in total. The van der Waals surface area contributed by atoms with Crippen LogP contribution in [-0.4, -0.2) is 33.9 Å². The number of aromatic nitrogens is 3. The van der Waals surface area contributed by atoms with Crippen LogP contribution in [0.3, 0.4) is 0 Å². The van der Waals surface area contributed by atoms with Crippen molar-refractivity contribution in [1.82, 2.24) is 14.5 Å². The Balaban J connectivity index is 2.07. The van der Waals surface area contributed by atoms with Crippen LogP contribution in [0.1, 0.15) is 18.7 Å². The van der Waals surface area contributed by atoms with Crippen molar-refractivity contribution in [3.05, 3.63) is 27.4 Å². The topological polar surface area (TPSA) is 66.2 Å². The van der Waals surface area contributed by atoms with E-state index in [-0.39, 0.29) is 17.4 Å². The maximum atomic E-state index is 12.4. The van der Waals surface area contributed by atoms with Crippen LogP contribution >= 0.6 is 11.6 Å². The van der Waals surface area contributed by atoms with Gasteiger partial charge in [-0.25, -0.2) is 9.97 Å². The van der Waals surface area contributed by atoms with Crippen LogP contribution in [0.15, 0.2) is 10.9 Å². The monoisotopic (exact) mass is 309 g/mol. The van der Waals surface area contributed by atoms with Crippen molar-refractivity contribution in [2.24, 2.45) is 7.05 Å². The molecule has 2 aromatic rings. The molecule has 0 spiro atoms. The number of pyridine rings is 1. The molecule has 1 fully saturated rings. The van der Waals surface area contributed by atoms with Gasteiger partial charge in [-0.05, 0) is 13.0 Å². The molecular weight excluding hydrogens is 294 g/mol. The Hall–Kier alpha value is -1.66. The van der Waals surface area contributed by atoms with E-state index < -0.39 is 0 Å². The third-order valence-electron chi connectivity index (χ3n) is 3.56. The predicted octanol–water partition coefficient (Wildman–Crippen LogP) is 1.85. The van der Waals surface area contributed by atoms with Crippen LogP contribution in [0.2, 0.25) is 5.15 Å². The maximum Gasteiger partial charge on any atom is 0.294 e. The number of hydrogen-bond donors (Lipinski definition) is 0. The first-order chi connectivity index (χ1) is 10.1. The molecule has 1 aliphatic rings. The molecule has 0 bridgehead atoms. The van der Waals surface area contributed by atoms with Gasteiger partial charge < -0.3 is 9.47 Å². The average Bonchev–Trinajstić information content (AvgIpc) is 2.47. The van der Waals surface area contributed by atoms with E-state index in [1.54, 1.807) is 20.0 Å². The highest BCUT2D eigenvalue weighted by Crippen LogP contribution is 2.23. The number of aryl methyl sites for hydroxylation is 2. The minimum atomic E-state index is -0.219. The smallest absolute Gasteiger partial charge is 0.294 e. The quantitative estimate of drug-likeness (QED) is 0.792. The Labute approximate surface area is 126 Å². The fraction of sp³-hybridized carbons (Fsp3) is 0.500. The third kappa shape index (κ3) is 2.73. The molecule has 0 saturated carbocycles. The molecule has 7 heteroatoms. The fourth-order valence-electron chi connectivity index (χ4n) is 2.42. The molecule has 0 aliphatic carbocycles. The van der Waals surface area contributed by atoms with Crippen molar-refractivity contribution >= 4 is 22.6 Å². The first-order valence-corrected chi connectivity index (χ1v) is 7.22. The lowest BCUT2D eigenvalue weighted by atomic mass is 10.1. The van der Waals surface area contributed by atoms with E-state index in [0.717, 1.165) is 12.8 Å². The molecular formula is C14H16ClN3O3. The molecule has 21 heavy (non-hydrogen) atoms. The summed E-state index contributed by atoms with van der Waals surface area (Å²) in [5.74, 6) is 0.812. The van der Waals surface area contributed by atoms with E-state index in [0.29, 0.717) is 35.2 Å². The van der Waals surface area contributed by atoms with Crippen molar-refractivity contribution in [2.45, 2.75) is 25.9 Å². The summed E-state index contributed by atoms with van der Waals surface area (Å²) < 4.78 is 12.6. The second-order valence-corrected chi connectivity index (χ2v) is 5.46. The first kappa shape index (κ1) is 14.3. The Kier molecular flexibility index (Phi) is 3.82. The van der Waals surface area contributed by atoms with Gasteiger partial charge in [-0.2, -0.15) is 0 Å². The Morgan fingerprint density at radius 1 is 1.38 bits per heavy atom. The highest BCUT2D eigenvalue weighted by atomic mass is 35.5. The van der Waals surface area contributed by atoms with Crippen molar-refractivity contribution in [1.29, 1.82) is 0 Å². The van der Waals surface area contributed by atoms with E-state index in [2.05, 4.69) is 9.97 Å². The van der Waals surface area contributed by atoms with Crippen LogP contribution in [0.4, 0.5) is 0 Å². The lowest BCUT2D eigenvalue weighted by molar-refractivity contribution is 0.0249. The largest absolute Gasteiger partial charge is 0.484 e. The van der Waals surface area contributed by atoms with Gasteiger partial charge in [-0.3, -0.25) is 9.36 Å². The maximum absolute atomic E-state index is 12.4. The number of hydrogen-bond acceptors (Lipinski definition) is 5. The van der Waals surface area contributed by atoms with Gasteiger partial charge in [0.25, 0.3) is 5.56 Å². The number of ether oxygens (including phenoxy) is 2. The van der Waals surface area contributed by atoms with Gasteiger partial charge in [0.2, 0.25) is 0 Å². The van der Waals surface area contributed by atoms with Crippen LogP contribution in [0.5, 0.6) is 5.75 Å². The zero-order valence-electron chi connectivity index (χ0n) is 11.9. The molecule has 3 heterocycles. The van der Waals surface area contributed by atoms with Gasteiger partial charge in [-0.15, -0.1) is 0 Å². The number of fused-ring (bicyclic) bond motifs is 1. The summed E-state index contributed by atoms with van der Waals surface area (Å²) in [5.41, 5.74) is 0.292. The second kappa shape index (κ2) is 5.61. The number of nitrogens with zero attached hydrogens (tertiary/aromatic N) is 3. The summed E-state index contributed by atoms with van der Waals surface area (Å²) in [5, 5.41) is 0.941. The molecule has 3 rings (SSSR count). The molecule has 2 aromatic heterocycles. The van der Waals surface area contributed by atoms with E-state index in [1.807, 2.05) is 0 Å².